The van der Waals surface area contributed by atoms with Gasteiger partial charge in [-0.1, -0.05) is 166 Å². The molecule has 0 saturated carbocycles. The third-order valence-corrected chi connectivity index (χ3v) is 11.6. The van der Waals surface area contributed by atoms with Gasteiger partial charge in [-0.25, -0.2) is 15.0 Å². The van der Waals surface area contributed by atoms with Crippen LogP contribution in [0.3, 0.4) is 0 Å². The van der Waals surface area contributed by atoms with Gasteiger partial charge >= 0.3 is 0 Å². The minimum absolute atomic E-state index is 0.0278. The van der Waals surface area contributed by atoms with E-state index in [0.29, 0.717) is 17.5 Å². The minimum atomic E-state index is -0.0278. The number of hydrogen-bond donors (Lipinski definition) is 0. The Hall–Kier alpha value is -7.17. The number of furan rings is 1. The Bertz CT molecular complexity index is 3140. The summed E-state index contributed by atoms with van der Waals surface area (Å²) in [7, 11) is 0. The van der Waals surface area contributed by atoms with Crippen molar-refractivity contribution in [3.05, 3.63) is 187 Å². The van der Waals surface area contributed by atoms with Gasteiger partial charge in [0.2, 0.25) is 0 Å². The number of fused-ring (bicyclic) bond motifs is 8. The molecule has 0 N–H and O–H groups in total. The highest BCUT2D eigenvalue weighted by molar-refractivity contribution is 6.22. The quantitative estimate of drug-likeness (QED) is 0.178. The van der Waals surface area contributed by atoms with Crippen molar-refractivity contribution in [3.63, 3.8) is 0 Å². The van der Waals surface area contributed by atoms with Crippen LogP contribution in [0.2, 0.25) is 0 Å². The van der Waals surface area contributed by atoms with E-state index < -0.39 is 0 Å². The number of rotatable bonds is 5. The van der Waals surface area contributed by atoms with E-state index in [4.69, 9.17) is 19.4 Å². The Kier molecular flexibility index (Phi) is 7.17. The normalized spacial score (nSPS) is 13.0. The molecule has 0 saturated heterocycles. The van der Waals surface area contributed by atoms with Gasteiger partial charge in [0, 0.05) is 32.9 Å². The molecule has 0 unspecified atom stereocenters. The van der Waals surface area contributed by atoms with Crippen LogP contribution < -0.4 is 0 Å². The van der Waals surface area contributed by atoms with E-state index >= 15 is 0 Å². The molecule has 2 aromatic heterocycles. The second kappa shape index (κ2) is 12.4. The van der Waals surface area contributed by atoms with Crippen molar-refractivity contribution in [2.24, 2.45) is 0 Å². The molecule has 4 nitrogen and oxygen atoms in total. The summed E-state index contributed by atoms with van der Waals surface area (Å²) < 4.78 is 6.68. The zero-order chi connectivity index (χ0) is 37.4. The molecular weight excluding hydrogens is 683 g/mol. The average molecular weight is 718 g/mol. The van der Waals surface area contributed by atoms with Crippen molar-refractivity contribution >= 4 is 32.7 Å². The summed E-state index contributed by atoms with van der Waals surface area (Å²) in [6, 6.07) is 61.9. The first-order valence-electron chi connectivity index (χ1n) is 19.1. The van der Waals surface area contributed by atoms with Crippen molar-refractivity contribution in [3.8, 4) is 67.5 Å². The van der Waals surface area contributed by atoms with Gasteiger partial charge in [-0.2, -0.15) is 0 Å². The first-order valence-corrected chi connectivity index (χ1v) is 19.1. The van der Waals surface area contributed by atoms with Crippen molar-refractivity contribution < 1.29 is 4.42 Å². The second-order valence-electron chi connectivity index (χ2n) is 15.2. The van der Waals surface area contributed by atoms with Crippen LogP contribution in [0.15, 0.2) is 180 Å². The van der Waals surface area contributed by atoms with E-state index in [-0.39, 0.29) is 5.41 Å². The second-order valence-corrected chi connectivity index (χ2v) is 15.2. The monoisotopic (exact) mass is 717 g/mol. The van der Waals surface area contributed by atoms with E-state index in [1.54, 1.807) is 0 Å². The predicted molar refractivity (Wildman–Crippen MR) is 229 cm³/mol. The van der Waals surface area contributed by atoms with Crippen LogP contribution in [-0.2, 0) is 5.41 Å². The number of hydrogen-bond acceptors (Lipinski definition) is 4. The van der Waals surface area contributed by atoms with Crippen LogP contribution in [0.4, 0.5) is 0 Å². The molecule has 56 heavy (non-hydrogen) atoms. The Labute approximate surface area is 324 Å². The van der Waals surface area contributed by atoms with E-state index in [0.717, 1.165) is 60.5 Å². The maximum atomic E-state index is 6.68. The highest BCUT2D eigenvalue weighted by Gasteiger charge is 2.35. The summed E-state index contributed by atoms with van der Waals surface area (Å²) in [6.45, 7) is 4.65. The van der Waals surface area contributed by atoms with Gasteiger partial charge < -0.3 is 4.42 Å². The molecule has 4 heteroatoms. The van der Waals surface area contributed by atoms with Gasteiger partial charge in [-0.05, 0) is 79.5 Å². The summed E-state index contributed by atoms with van der Waals surface area (Å²) in [4.78, 5) is 15.3. The topological polar surface area (TPSA) is 51.8 Å². The molecule has 10 aromatic rings. The third kappa shape index (κ3) is 5.10. The van der Waals surface area contributed by atoms with Crippen molar-refractivity contribution in [2.75, 3.05) is 0 Å². The average Bonchev–Trinajstić information content (AvgIpc) is 3.75. The van der Waals surface area contributed by atoms with Crippen LogP contribution in [0.1, 0.15) is 25.0 Å². The van der Waals surface area contributed by atoms with Gasteiger partial charge in [-0.15, -0.1) is 0 Å². The maximum Gasteiger partial charge on any atom is 0.164 e. The lowest BCUT2D eigenvalue weighted by molar-refractivity contribution is 0.660. The third-order valence-electron chi connectivity index (χ3n) is 11.6. The zero-order valence-electron chi connectivity index (χ0n) is 31.0. The first-order chi connectivity index (χ1) is 27.5. The summed E-state index contributed by atoms with van der Waals surface area (Å²) in [5.74, 6) is 1.84. The van der Waals surface area contributed by atoms with Crippen LogP contribution in [0, 0.1) is 0 Å². The fourth-order valence-corrected chi connectivity index (χ4v) is 8.69. The Morgan fingerprint density at radius 3 is 1.66 bits per heavy atom. The molecule has 0 spiro atoms. The SMILES string of the molecule is CC1(C)c2ccccc2-c2cc(-c3ccc4oc5cc(-c6nc(-c7ccccc7)nc(-c7ccc(-c8ccccc8)cc7)n6)c6ccccc6c5c4c3)ccc21. The van der Waals surface area contributed by atoms with Crippen LogP contribution >= 0.6 is 0 Å². The summed E-state index contributed by atoms with van der Waals surface area (Å²) in [6.07, 6.45) is 0. The predicted octanol–water partition coefficient (Wildman–Crippen LogP) is 13.6. The van der Waals surface area contributed by atoms with E-state index in [2.05, 4.69) is 153 Å². The molecule has 1 aliphatic carbocycles. The fourth-order valence-electron chi connectivity index (χ4n) is 8.69. The zero-order valence-corrected chi connectivity index (χ0v) is 31.0. The van der Waals surface area contributed by atoms with Gasteiger partial charge in [-0.3, -0.25) is 0 Å². The lowest BCUT2D eigenvalue weighted by Crippen LogP contribution is -2.14. The largest absolute Gasteiger partial charge is 0.456 e. The standard InChI is InChI=1S/C52H35N3O/c1-52(2)44-20-12-11-18-39(44)41-29-36(25-27-45(41)52)37-26-28-46-43(30-37)48-40-19-10-9-17-38(40)42(31-47(48)56-46)51-54-49(34-15-7-4-8-16-34)53-50(55-51)35-23-21-33(22-24-35)32-13-5-3-6-14-32/h3-31H,1-2H3. The molecule has 0 atom stereocenters. The molecule has 264 valence electrons. The molecule has 11 rings (SSSR count). The molecule has 0 radical (unpaired) electrons. The lowest BCUT2D eigenvalue weighted by Gasteiger charge is -2.21. The van der Waals surface area contributed by atoms with Crippen LogP contribution in [0.5, 0.6) is 0 Å². The molecule has 0 fully saturated rings. The first kappa shape index (κ1) is 32.3. The molecule has 0 aliphatic heterocycles. The molecule has 8 aromatic carbocycles. The lowest BCUT2D eigenvalue weighted by atomic mass is 9.82. The highest BCUT2D eigenvalue weighted by atomic mass is 16.3. The fraction of sp³-hybridized carbons (Fsp3) is 0.0577. The van der Waals surface area contributed by atoms with E-state index in [1.807, 2.05) is 36.4 Å². The van der Waals surface area contributed by atoms with E-state index in [1.165, 1.54) is 33.4 Å². The highest BCUT2D eigenvalue weighted by Crippen LogP contribution is 2.50. The maximum absolute atomic E-state index is 6.68. The van der Waals surface area contributed by atoms with Gasteiger partial charge in [0.05, 0.1) is 0 Å². The van der Waals surface area contributed by atoms with Gasteiger partial charge in [0.25, 0.3) is 0 Å². The number of nitrogens with zero attached hydrogens (tertiary/aromatic N) is 3. The Morgan fingerprint density at radius 2 is 0.893 bits per heavy atom. The molecular formula is C52H35N3O. The van der Waals surface area contributed by atoms with Crippen molar-refractivity contribution in [2.45, 2.75) is 19.3 Å². The van der Waals surface area contributed by atoms with Crippen LogP contribution in [0.25, 0.3) is 100 Å². The molecule has 0 amide bonds. The Balaban J connectivity index is 1.07. The molecule has 2 heterocycles. The van der Waals surface area contributed by atoms with Gasteiger partial charge in [0.15, 0.2) is 17.5 Å². The van der Waals surface area contributed by atoms with Gasteiger partial charge in [0.1, 0.15) is 11.2 Å². The van der Waals surface area contributed by atoms with Crippen molar-refractivity contribution in [1.82, 2.24) is 15.0 Å². The van der Waals surface area contributed by atoms with E-state index in [9.17, 15) is 0 Å². The molecule has 1 aliphatic rings. The Morgan fingerprint density at radius 1 is 0.357 bits per heavy atom. The van der Waals surface area contributed by atoms with Crippen LogP contribution in [-0.4, -0.2) is 15.0 Å². The number of benzene rings is 8. The molecule has 0 bridgehead atoms. The smallest absolute Gasteiger partial charge is 0.164 e. The van der Waals surface area contributed by atoms with Crippen molar-refractivity contribution in [1.29, 1.82) is 0 Å². The summed E-state index contributed by atoms with van der Waals surface area (Å²) in [5, 5.41) is 4.32. The number of aromatic nitrogens is 3. The summed E-state index contributed by atoms with van der Waals surface area (Å²) in [5.41, 5.74) is 14.4. The minimum Gasteiger partial charge on any atom is -0.456 e. The summed E-state index contributed by atoms with van der Waals surface area (Å²) >= 11 is 0.